The van der Waals surface area contributed by atoms with E-state index in [-0.39, 0.29) is 11.9 Å². The first-order valence-corrected chi connectivity index (χ1v) is 6.61. The van der Waals surface area contributed by atoms with Gasteiger partial charge in [-0.15, -0.1) is 11.6 Å². The molecule has 0 aliphatic carbocycles. The van der Waals surface area contributed by atoms with Crippen LogP contribution in [0, 0.1) is 0 Å². The van der Waals surface area contributed by atoms with Crippen LogP contribution in [-0.2, 0) is 4.79 Å². The van der Waals surface area contributed by atoms with Gasteiger partial charge in [0.25, 0.3) is 0 Å². The lowest BCUT2D eigenvalue weighted by molar-refractivity contribution is -0.121. The summed E-state index contributed by atoms with van der Waals surface area (Å²) >= 11 is 5.68. The minimum absolute atomic E-state index is 0.0722. The van der Waals surface area contributed by atoms with Gasteiger partial charge in [0.15, 0.2) is 0 Å². The summed E-state index contributed by atoms with van der Waals surface area (Å²) in [4.78, 5) is 13.7. The highest BCUT2D eigenvalue weighted by molar-refractivity contribution is 6.30. The highest BCUT2D eigenvalue weighted by atomic mass is 35.5. The maximum Gasteiger partial charge on any atom is 0.237 e. The van der Waals surface area contributed by atoms with Crippen molar-refractivity contribution in [2.75, 3.05) is 19.6 Å². The van der Waals surface area contributed by atoms with E-state index >= 15 is 0 Å². The molecule has 0 saturated carbocycles. The van der Waals surface area contributed by atoms with E-state index in [0.717, 1.165) is 32.5 Å². The molecule has 0 heterocycles. The van der Waals surface area contributed by atoms with E-state index in [2.05, 4.69) is 24.1 Å². The predicted octanol–water partition coefficient (Wildman–Crippen LogP) is 2.24. The number of carbonyl (C=O) groups excluding carboxylic acids is 1. The number of carbonyl (C=O) groups is 1. The van der Waals surface area contributed by atoms with Gasteiger partial charge >= 0.3 is 0 Å². The van der Waals surface area contributed by atoms with Gasteiger partial charge < -0.3 is 10.2 Å². The first-order valence-electron chi connectivity index (χ1n) is 6.18. The average molecular weight is 249 g/mol. The Morgan fingerprint density at radius 1 is 1.31 bits per heavy atom. The molecule has 0 radical (unpaired) electrons. The Balaban J connectivity index is 3.65. The third kappa shape index (κ3) is 7.07. The summed E-state index contributed by atoms with van der Waals surface area (Å²) in [5, 5.41) is 2.46. The van der Waals surface area contributed by atoms with Gasteiger partial charge in [0, 0.05) is 6.04 Å². The minimum Gasteiger partial charge on any atom is -0.352 e. The van der Waals surface area contributed by atoms with E-state index in [9.17, 15) is 4.79 Å². The number of hydrogen-bond donors (Lipinski definition) is 1. The van der Waals surface area contributed by atoms with E-state index in [1.54, 1.807) is 6.92 Å². The molecule has 96 valence electrons. The highest BCUT2D eigenvalue weighted by Crippen LogP contribution is 2.01. The van der Waals surface area contributed by atoms with E-state index in [4.69, 9.17) is 11.6 Å². The van der Waals surface area contributed by atoms with Crippen molar-refractivity contribution in [2.24, 2.45) is 0 Å². The number of hydrogen-bond acceptors (Lipinski definition) is 2. The Bertz CT molecular complexity index is 193. The van der Waals surface area contributed by atoms with Crippen LogP contribution < -0.4 is 5.32 Å². The van der Waals surface area contributed by atoms with Gasteiger partial charge in [0.05, 0.1) is 0 Å². The number of amides is 1. The van der Waals surface area contributed by atoms with Gasteiger partial charge in [-0.1, -0.05) is 13.8 Å². The van der Waals surface area contributed by atoms with Crippen LogP contribution in [0.4, 0.5) is 0 Å². The fourth-order valence-corrected chi connectivity index (χ4v) is 1.65. The van der Waals surface area contributed by atoms with Crippen LogP contribution in [0.3, 0.4) is 0 Å². The van der Waals surface area contributed by atoms with Gasteiger partial charge in [-0.2, -0.15) is 0 Å². The fraction of sp³-hybridized carbons (Fsp3) is 0.917. The van der Waals surface area contributed by atoms with Crippen molar-refractivity contribution in [3.05, 3.63) is 0 Å². The van der Waals surface area contributed by atoms with Crippen LogP contribution in [0.1, 0.15) is 40.5 Å². The topological polar surface area (TPSA) is 32.3 Å². The zero-order valence-corrected chi connectivity index (χ0v) is 11.7. The molecule has 4 heteroatoms. The van der Waals surface area contributed by atoms with Crippen LogP contribution in [0.15, 0.2) is 0 Å². The first kappa shape index (κ1) is 15.7. The maximum absolute atomic E-state index is 11.3. The molecule has 0 saturated heterocycles. The molecule has 0 aliphatic rings. The zero-order chi connectivity index (χ0) is 12.6. The summed E-state index contributed by atoms with van der Waals surface area (Å²) in [6.07, 6.45) is 2.12. The summed E-state index contributed by atoms with van der Waals surface area (Å²) in [5.74, 6) is -0.0722. The number of nitrogens with zero attached hydrogens (tertiary/aromatic N) is 1. The van der Waals surface area contributed by atoms with Gasteiger partial charge in [-0.25, -0.2) is 0 Å². The third-order valence-corrected chi connectivity index (χ3v) is 2.95. The van der Waals surface area contributed by atoms with Crippen LogP contribution in [-0.4, -0.2) is 41.9 Å². The smallest absolute Gasteiger partial charge is 0.237 e. The van der Waals surface area contributed by atoms with Crippen LogP contribution in [0.5, 0.6) is 0 Å². The molecule has 0 rings (SSSR count). The number of nitrogens with one attached hydrogen (secondary N) is 1. The van der Waals surface area contributed by atoms with Crippen molar-refractivity contribution in [3.63, 3.8) is 0 Å². The average Bonchev–Trinajstić information content (AvgIpc) is 2.24. The van der Waals surface area contributed by atoms with Gasteiger partial charge in [0.1, 0.15) is 5.38 Å². The first-order chi connectivity index (χ1) is 7.51. The molecule has 3 nitrogen and oxygen atoms in total. The molecule has 2 atom stereocenters. The van der Waals surface area contributed by atoms with Crippen molar-refractivity contribution >= 4 is 17.5 Å². The van der Waals surface area contributed by atoms with Gasteiger partial charge in [-0.3, -0.25) is 4.79 Å². The largest absolute Gasteiger partial charge is 0.352 e. The second kappa shape index (κ2) is 8.82. The van der Waals surface area contributed by atoms with E-state index in [1.807, 2.05) is 6.92 Å². The van der Waals surface area contributed by atoms with E-state index in [1.165, 1.54) is 0 Å². The molecule has 0 aromatic carbocycles. The molecule has 0 aromatic rings. The van der Waals surface area contributed by atoms with Gasteiger partial charge in [-0.05, 0) is 46.3 Å². The Kier molecular flexibility index (Phi) is 8.67. The molecule has 0 aliphatic heterocycles. The third-order valence-electron chi connectivity index (χ3n) is 2.76. The van der Waals surface area contributed by atoms with Crippen molar-refractivity contribution < 1.29 is 4.79 Å². The molecule has 0 fully saturated rings. The summed E-state index contributed by atoms with van der Waals surface area (Å²) in [7, 11) is 0. The Labute approximate surface area is 105 Å². The minimum atomic E-state index is -0.440. The molecule has 1 amide bonds. The lowest BCUT2D eigenvalue weighted by atomic mass is 10.1. The highest BCUT2D eigenvalue weighted by Gasteiger charge is 2.12. The summed E-state index contributed by atoms with van der Waals surface area (Å²) < 4.78 is 0. The molecular formula is C12H25ClN2O. The SMILES string of the molecule is CCN(CC)CCCC(C)NC(=O)C(C)Cl. The quantitative estimate of drug-likeness (QED) is 0.669. The number of halogens is 1. The summed E-state index contributed by atoms with van der Waals surface area (Å²) in [6.45, 7) is 11.3. The number of rotatable bonds is 8. The van der Waals surface area contributed by atoms with E-state index < -0.39 is 5.38 Å². The predicted molar refractivity (Wildman–Crippen MR) is 69.9 cm³/mol. The van der Waals surface area contributed by atoms with Crippen molar-refractivity contribution in [2.45, 2.75) is 52.0 Å². The normalized spacial score (nSPS) is 14.9. The van der Waals surface area contributed by atoms with Crippen LogP contribution in [0.2, 0.25) is 0 Å². The molecule has 0 bridgehead atoms. The van der Waals surface area contributed by atoms with Crippen molar-refractivity contribution in [1.29, 1.82) is 0 Å². The second-order valence-corrected chi connectivity index (χ2v) is 4.85. The Hall–Kier alpha value is -0.280. The standard InChI is InChI=1S/C12H25ClN2O/c1-5-15(6-2)9-7-8-10(3)14-12(16)11(4)13/h10-11H,5-9H2,1-4H3,(H,14,16). The Morgan fingerprint density at radius 2 is 1.88 bits per heavy atom. The van der Waals surface area contributed by atoms with Crippen LogP contribution >= 0.6 is 11.6 Å². The fourth-order valence-electron chi connectivity index (χ4n) is 1.59. The lowest BCUT2D eigenvalue weighted by Crippen LogP contribution is -2.37. The summed E-state index contributed by atoms with van der Waals surface area (Å²) in [5.41, 5.74) is 0. The van der Waals surface area contributed by atoms with Gasteiger partial charge in [0.2, 0.25) is 5.91 Å². The van der Waals surface area contributed by atoms with Crippen molar-refractivity contribution in [3.8, 4) is 0 Å². The van der Waals surface area contributed by atoms with E-state index in [0.29, 0.717) is 0 Å². The molecule has 16 heavy (non-hydrogen) atoms. The molecule has 1 N–H and O–H groups in total. The zero-order valence-electron chi connectivity index (χ0n) is 10.9. The van der Waals surface area contributed by atoms with Crippen molar-refractivity contribution in [1.82, 2.24) is 10.2 Å². The number of alkyl halides is 1. The lowest BCUT2D eigenvalue weighted by Gasteiger charge is -2.20. The molecule has 0 aromatic heterocycles. The second-order valence-electron chi connectivity index (χ2n) is 4.19. The molecule has 2 unspecified atom stereocenters. The monoisotopic (exact) mass is 248 g/mol. The molecular weight excluding hydrogens is 224 g/mol. The maximum atomic E-state index is 11.3. The van der Waals surface area contributed by atoms with Crippen LogP contribution in [0.25, 0.3) is 0 Å². The Morgan fingerprint density at radius 3 is 2.31 bits per heavy atom. The summed E-state index contributed by atoms with van der Waals surface area (Å²) in [6, 6.07) is 0.212. The molecule has 0 spiro atoms.